The summed E-state index contributed by atoms with van der Waals surface area (Å²) >= 11 is 0. The highest BCUT2D eigenvalue weighted by Crippen LogP contribution is 2.32. The highest BCUT2D eigenvalue weighted by molar-refractivity contribution is 5.36. The molecule has 1 heterocycles. The van der Waals surface area contributed by atoms with Gasteiger partial charge < -0.3 is 4.90 Å². The quantitative estimate of drug-likeness (QED) is 0.816. The molecule has 94 valence electrons. The van der Waals surface area contributed by atoms with E-state index >= 15 is 0 Å². The molecule has 0 aromatic carbocycles. The van der Waals surface area contributed by atoms with Crippen LogP contribution in [0.1, 0.15) is 25.0 Å². The molecule has 1 aromatic heterocycles. The lowest BCUT2D eigenvalue weighted by molar-refractivity contribution is -0.141. The van der Waals surface area contributed by atoms with Crippen molar-refractivity contribution in [1.82, 2.24) is 10.2 Å². The molecule has 0 amide bonds. The van der Waals surface area contributed by atoms with Crippen LogP contribution < -0.4 is 4.90 Å². The Morgan fingerprint density at radius 3 is 2.47 bits per heavy atom. The van der Waals surface area contributed by atoms with E-state index in [4.69, 9.17) is 0 Å². The van der Waals surface area contributed by atoms with E-state index in [-0.39, 0.29) is 0 Å². The molecule has 6 heteroatoms. The van der Waals surface area contributed by atoms with Crippen molar-refractivity contribution in [3.63, 3.8) is 0 Å². The van der Waals surface area contributed by atoms with Crippen molar-refractivity contribution in [1.29, 1.82) is 0 Å². The second kappa shape index (κ2) is 4.50. The maximum absolute atomic E-state index is 12.3. The van der Waals surface area contributed by atoms with Crippen LogP contribution in [-0.2, 0) is 6.18 Å². The van der Waals surface area contributed by atoms with Gasteiger partial charge in [0.05, 0.1) is 0 Å². The molecule has 0 saturated heterocycles. The lowest BCUT2D eigenvalue weighted by Crippen LogP contribution is -2.21. The number of anilines is 1. The normalized spacial score (nSPS) is 16.0. The monoisotopic (exact) mass is 245 g/mol. The van der Waals surface area contributed by atoms with E-state index in [1.807, 2.05) is 11.9 Å². The van der Waals surface area contributed by atoms with Crippen LogP contribution in [0.2, 0.25) is 0 Å². The van der Waals surface area contributed by atoms with Crippen molar-refractivity contribution in [3.05, 3.63) is 17.8 Å². The summed E-state index contributed by atoms with van der Waals surface area (Å²) in [6.45, 7) is 0.810. The lowest BCUT2D eigenvalue weighted by atomic mass is 10.3. The SMILES string of the molecule is CN(CCC1CC1)c1ccc(C(F)(F)F)nn1. The second-order valence-electron chi connectivity index (χ2n) is 4.43. The molecule has 0 spiro atoms. The van der Waals surface area contributed by atoms with Crippen molar-refractivity contribution in [2.75, 3.05) is 18.5 Å². The molecule has 0 aliphatic heterocycles. The molecule has 0 N–H and O–H groups in total. The maximum Gasteiger partial charge on any atom is 0.435 e. The van der Waals surface area contributed by atoms with Gasteiger partial charge in [-0.05, 0) is 24.5 Å². The summed E-state index contributed by atoms with van der Waals surface area (Å²) in [5.41, 5.74) is -0.947. The number of hydrogen-bond acceptors (Lipinski definition) is 3. The van der Waals surface area contributed by atoms with Crippen LogP contribution in [0.5, 0.6) is 0 Å². The van der Waals surface area contributed by atoms with E-state index in [2.05, 4.69) is 10.2 Å². The number of aromatic nitrogens is 2. The lowest BCUT2D eigenvalue weighted by Gasteiger charge is -2.17. The number of rotatable bonds is 4. The largest absolute Gasteiger partial charge is 0.435 e. The Morgan fingerprint density at radius 2 is 2.00 bits per heavy atom. The van der Waals surface area contributed by atoms with Gasteiger partial charge in [0.25, 0.3) is 0 Å². The van der Waals surface area contributed by atoms with E-state index in [0.717, 1.165) is 24.9 Å². The van der Waals surface area contributed by atoms with E-state index in [9.17, 15) is 13.2 Å². The van der Waals surface area contributed by atoms with Gasteiger partial charge >= 0.3 is 6.18 Å². The molecular formula is C11H14F3N3. The first-order valence-electron chi connectivity index (χ1n) is 5.59. The molecule has 1 aromatic rings. The van der Waals surface area contributed by atoms with Gasteiger partial charge in [0.2, 0.25) is 0 Å². The third-order valence-electron chi connectivity index (χ3n) is 2.90. The number of hydrogen-bond donors (Lipinski definition) is 0. The van der Waals surface area contributed by atoms with E-state index < -0.39 is 11.9 Å². The van der Waals surface area contributed by atoms with Crippen LogP contribution in [0.15, 0.2) is 12.1 Å². The van der Waals surface area contributed by atoms with E-state index in [0.29, 0.717) is 5.82 Å². The average Bonchev–Trinajstić information content (AvgIpc) is 3.09. The first kappa shape index (κ1) is 12.1. The maximum atomic E-state index is 12.3. The summed E-state index contributed by atoms with van der Waals surface area (Å²) in [5, 5.41) is 6.80. The van der Waals surface area contributed by atoms with Gasteiger partial charge in [-0.3, -0.25) is 0 Å². The Kier molecular flexibility index (Phi) is 3.22. The molecule has 3 nitrogen and oxygen atoms in total. The molecule has 1 saturated carbocycles. The van der Waals surface area contributed by atoms with E-state index in [1.54, 1.807) is 0 Å². The van der Waals surface area contributed by atoms with Crippen LogP contribution in [0.4, 0.5) is 19.0 Å². The Bertz CT molecular complexity index is 371. The zero-order chi connectivity index (χ0) is 12.5. The summed E-state index contributed by atoms with van der Waals surface area (Å²) < 4.78 is 36.8. The average molecular weight is 245 g/mol. The minimum atomic E-state index is -4.42. The first-order valence-corrected chi connectivity index (χ1v) is 5.59. The van der Waals surface area contributed by atoms with Crippen molar-refractivity contribution >= 4 is 5.82 Å². The Balaban J connectivity index is 1.96. The molecule has 0 unspecified atom stereocenters. The van der Waals surface area contributed by atoms with Crippen LogP contribution in [0.25, 0.3) is 0 Å². The van der Waals surface area contributed by atoms with E-state index in [1.165, 1.54) is 18.9 Å². The summed E-state index contributed by atoms with van der Waals surface area (Å²) in [6.07, 6.45) is -0.809. The van der Waals surface area contributed by atoms with Gasteiger partial charge in [-0.15, -0.1) is 10.2 Å². The fourth-order valence-corrected chi connectivity index (χ4v) is 1.58. The van der Waals surface area contributed by atoms with Crippen molar-refractivity contribution in [2.24, 2.45) is 5.92 Å². The van der Waals surface area contributed by atoms with Gasteiger partial charge in [0.15, 0.2) is 11.5 Å². The van der Waals surface area contributed by atoms with Crippen molar-refractivity contribution in [3.8, 4) is 0 Å². The van der Waals surface area contributed by atoms with Crippen LogP contribution >= 0.6 is 0 Å². The van der Waals surface area contributed by atoms with Gasteiger partial charge in [-0.25, -0.2) is 0 Å². The predicted octanol–water partition coefficient (Wildman–Crippen LogP) is 2.73. The van der Waals surface area contributed by atoms with Gasteiger partial charge in [-0.2, -0.15) is 13.2 Å². The topological polar surface area (TPSA) is 29.0 Å². The predicted molar refractivity (Wildman–Crippen MR) is 57.6 cm³/mol. The number of nitrogens with zero attached hydrogens (tertiary/aromatic N) is 3. The Hall–Kier alpha value is -1.33. The molecule has 1 aliphatic rings. The Labute approximate surface area is 97.6 Å². The number of halogens is 3. The molecule has 1 fully saturated rings. The van der Waals surface area contributed by atoms with Crippen LogP contribution in [0, 0.1) is 5.92 Å². The third kappa shape index (κ3) is 3.31. The molecule has 2 rings (SSSR count). The minimum Gasteiger partial charge on any atom is -0.358 e. The zero-order valence-electron chi connectivity index (χ0n) is 9.54. The minimum absolute atomic E-state index is 0.485. The van der Waals surface area contributed by atoms with Gasteiger partial charge in [0, 0.05) is 13.6 Å². The zero-order valence-corrected chi connectivity index (χ0v) is 9.54. The molecule has 17 heavy (non-hydrogen) atoms. The molecule has 0 bridgehead atoms. The molecule has 0 atom stereocenters. The smallest absolute Gasteiger partial charge is 0.358 e. The van der Waals surface area contributed by atoms with Gasteiger partial charge in [-0.1, -0.05) is 12.8 Å². The molecule has 1 aliphatic carbocycles. The molecule has 0 radical (unpaired) electrons. The first-order chi connectivity index (χ1) is 7.97. The molecular weight excluding hydrogens is 231 g/mol. The summed E-state index contributed by atoms with van der Waals surface area (Å²) in [6, 6.07) is 2.33. The fourth-order valence-electron chi connectivity index (χ4n) is 1.58. The highest BCUT2D eigenvalue weighted by Gasteiger charge is 2.33. The van der Waals surface area contributed by atoms with Gasteiger partial charge in [0.1, 0.15) is 0 Å². The van der Waals surface area contributed by atoms with Crippen LogP contribution in [-0.4, -0.2) is 23.8 Å². The van der Waals surface area contributed by atoms with Crippen molar-refractivity contribution < 1.29 is 13.2 Å². The third-order valence-corrected chi connectivity index (χ3v) is 2.90. The number of alkyl halides is 3. The van der Waals surface area contributed by atoms with Crippen molar-refractivity contribution in [2.45, 2.75) is 25.4 Å². The second-order valence-corrected chi connectivity index (χ2v) is 4.43. The standard InChI is InChI=1S/C11H14F3N3/c1-17(7-6-8-2-3-8)10-5-4-9(15-16-10)11(12,13)14/h4-5,8H,2-3,6-7H2,1H3. The highest BCUT2D eigenvalue weighted by atomic mass is 19.4. The summed E-state index contributed by atoms with van der Waals surface area (Å²) in [4.78, 5) is 1.84. The summed E-state index contributed by atoms with van der Waals surface area (Å²) in [7, 11) is 1.82. The summed E-state index contributed by atoms with van der Waals surface area (Å²) in [5.74, 6) is 1.28. The fraction of sp³-hybridized carbons (Fsp3) is 0.636. The Morgan fingerprint density at radius 1 is 1.29 bits per heavy atom. The van der Waals surface area contributed by atoms with Crippen LogP contribution in [0.3, 0.4) is 0 Å².